The summed E-state index contributed by atoms with van der Waals surface area (Å²) in [6.07, 6.45) is 4.47. The fourth-order valence-corrected chi connectivity index (χ4v) is 3.31. The van der Waals surface area contributed by atoms with E-state index in [2.05, 4.69) is 54.4 Å². The molecule has 0 saturated carbocycles. The number of piperidine rings is 1. The summed E-state index contributed by atoms with van der Waals surface area (Å²) in [5, 5.41) is 13.0. The number of likely N-dealkylation sites (tertiary alicyclic amines) is 1. The normalized spacial score (nSPS) is 18.7. The van der Waals surface area contributed by atoms with E-state index in [0.29, 0.717) is 18.0 Å². The van der Waals surface area contributed by atoms with Gasteiger partial charge in [0.15, 0.2) is 0 Å². The van der Waals surface area contributed by atoms with Crippen LogP contribution in [0.1, 0.15) is 38.7 Å². The highest BCUT2D eigenvalue weighted by Gasteiger charge is 2.22. The minimum Gasteiger partial charge on any atom is -0.396 e. The molecule has 1 saturated heterocycles. The van der Waals surface area contributed by atoms with Crippen molar-refractivity contribution < 1.29 is 5.11 Å². The van der Waals surface area contributed by atoms with Gasteiger partial charge in [-0.25, -0.2) is 0 Å². The number of rotatable bonds is 8. The van der Waals surface area contributed by atoms with E-state index in [9.17, 15) is 5.11 Å². The van der Waals surface area contributed by atoms with Crippen LogP contribution in [0.25, 0.3) is 0 Å². The first-order valence-corrected chi connectivity index (χ1v) is 8.82. The Hall–Kier alpha value is -0.900. The topological polar surface area (TPSA) is 35.5 Å². The van der Waals surface area contributed by atoms with Gasteiger partial charge in [-0.15, -0.1) is 0 Å². The van der Waals surface area contributed by atoms with Crippen LogP contribution in [0.4, 0.5) is 0 Å². The van der Waals surface area contributed by atoms with Gasteiger partial charge < -0.3 is 15.3 Å². The summed E-state index contributed by atoms with van der Waals surface area (Å²) in [6, 6.07) is 11.8. The van der Waals surface area contributed by atoms with Crippen molar-refractivity contribution in [2.75, 3.05) is 26.2 Å². The Kier molecular flexibility index (Phi) is 7.37. The zero-order valence-electron chi connectivity index (χ0n) is 14.2. The molecule has 0 aromatic heterocycles. The molecule has 1 atom stereocenters. The van der Waals surface area contributed by atoms with Gasteiger partial charge in [-0.1, -0.05) is 44.2 Å². The molecule has 0 aliphatic carbocycles. The SMILES string of the molecule is CC(C)C(CCO)NC1CCN(CCc2ccccc2)CC1. The van der Waals surface area contributed by atoms with E-state index in [1.54, 1.807) is 0 Å². The van der Waals surface area contributed by atoms with Crippen molar-refractivity contribution in [3.63, 3.8) is 0 Å². The Morgan fingerprint density at radius 3 is 2.45 bits per heavy atom. The number of nitrogens with one attached hydrogen (secondary N) is 1. The first kappa shape index (κ1) is 17.5. The van der Waals surface area contributed by atoms with E-state index in [1.165, 1.54) is 38.0 Å². The first-order chi connectivity index (χ1) is 10.7. The molecule has 2 N–H and O–H groups in total. The summed E-state index contributed by atoms with van der Waals surface area (Å²) in [7, 11) is 0. The van der Waals surface area contributed by atoms with Crippen LogP contribution in [-0.4, -0.2) is 48.3 Å². The van der Waals surface area contributed by atoms with Gasteiger partial charge in [0.25, 0.3) is 0 Å². The summed E-state index contributed by atoms with van der Waals surface area (Å²) in [4.78, 5) is 2.58. The molecule has 2 rings (SSSR count). The molecule has 1 heterocycles. The van der Waals surface area contributed by atoms with Gasteiger partial charge >= 0.3 is 0 Å². The third-order valence-corrected chi connectivity index (χ3v) is 4.84. The van der Waals surface area contributed by atoms with Crippen LogP contribution >= 0.6 is 0 Å². The lowest BCUT2D eigenvalue weighted by atomic mass is 9.97. The maximum Gasteiger partial charge on any atom is 0.0445 e. The third-order valence-electron chi connectivity index (χ3n) is 4.84. The van der Waals surface area contributed by atoms with E-state index in [4.69, 9.17) is 0 Å². The summed E-state index contributed by atoms with van der Waals surface area (Å²) in [5.74, 6) is 0.586. The molecule has 3 nitrogen and oxygen atoms in total. The summed E-state index contributed by atoms with van der Waals surface area (Å²) < 4.78 is 0. The number of nitrogens with zero attached hydrogens (tertiary/aromatic N) is 1. The number of benzene rings is 1. The van der Waals surface area contributed by atoms with Crippen molar-refractivity contribution in [1.29, 1.82) is 0 Å². The molecule has 1 aliphatic rings. The van der Waals surface area contributed by atoms with Crippen LogP contribution in [-0.2, 0) is 6.42 Å². The lowest BCUT2D eigenvalue weighted by molar-refractivity contribution is 0.174. The molecular formula is C19H32N2O. The second-order valence-corrected chi connectivity index (χ2v) is 6.88. The monoisotopic (exact) mass is 304 g/mol. The molecule has 0 spiro atoms. The summed E-state index contributed by atoms with van der Waals surface area (Å²) >= 11 is 0. The largest absolute Gasteiger partial charge is 0.396 e. The van der Waals surface area contributed by atoms with Crippen molar-refractivity contribution in [1.82, 2.24) is 10.2 Å². The molecule has 1 fully saturated rings. The smallest absolute Gasteiger partial charge is 0.0445 e. The Bertz CT molecular complexity index is 399. The van der Waals surface area contributed by atoms with Crippen molar-refractivity contribution in [3.05, 3.63) is 35.9 Å². The van der Waals surface area contributed by atoms with Crippen LogP contribution in [0, 0.1) is 5.92 Å². The summed E-state index contributed by atoms with van der Waals surface area (Å²) in [5.41, 5.74) is 1.44. The van der Waals surface area contributed by atoms with Crippen molar-refractivity contribution >= 4 is 0 Å². The Balaban J connectivity index is 1.69. The minimum atomic E-state index is 0.283. The second kappa shape index (κ2) is 9.29. The third kappa shape index (κ3) is 5.71. The van der Waals surface area contributed by atoms with Gasteiger partial charge in [0, 0.05) is 25.2 Å². The fraction of sp³-hybridized carbons (Fsp3) is 0.684. The van der Waals surface area contributed by atoms with E-state index < -0.39 is 0 Å². The average Bonchev–Trinajstić information content (AvgIpc) is 2.54. The number of aliphatic hydroxyl groups excluding tert-OH is 1. The molecule has 22 heavy (non-hydrogen) atoms. The van der Waals surface area contributed by atoms with Crippen LogP contribution in [0.3, 0.4) is 0 Å². The van der Waals surface area contributed by atoms with Crippen molar-refractivity contribution in [3.8, 4) is 0 Å². The quantitative estimate of drug-likeness (QED) is 0.775. The predicted molar refractivity (Wildman–Crippen MR) is 93.1 cm³/mol. The van der Waals surface area contributed by atoms with Gasteiger partial charge in [0.1, 0.15) is 0 Å². The number of hydrogen-bond acceptors (Lipinski definition) is 3. The molecule has 124 valence electrons. The first-order valence-electron chi connectivity index (χ1n) is 8.82. The lowest BCUT2D eigenvalue weighted by Gasteiger charge is -2.35. The molecule has 0 radical (unpaired) electrons. The van der Waals surface area contributed by atoms with Crippen molar-refractivity contribution in [2.45, 2.75) is 51.6 Å². The number of aliphatic hydroxyl groups is 1. The van der Waals surface area contributed by atoms with Gasteiger partial charge in [-0.2, -0.15) is 0 Å². The number of hydrogen-bond donors (Lipinski definition) is 2. The van der Waals surface area contributed by atoms with E-state index in [1.807, 2.05) is 0 Å². The molecule has 1 aromatic carbocycles. The highest BCUT2D eigenvalue weighted by atomic mass is 16.3. The lowest BCUT2D eigenvalue weighted by Crippen LogP contribution is -2.48. The van der Waals surface area contributed by atoms with Crippen LogP contribution < -0.4 is 5.32 Å². The zero-order chi connectivity index (χ0) is 15.8. The predicted octanol–water partition coefficient (Wildman–Crippen LogP) is 2.69. The maximum atomic E-state index is 9.19. The molecule has 3 heteroatoms. The maximum absolute atomic E-state index is 9.19. The van der Waals surface area contributed by atoms with Crippen LogP contribution in [0.2, 0.25) is 0 Å². The average molecular weight is 304 g/mol. The Labute approximate surface area is 135 Å². The Morgan fingerprint density at radius 2 is 1.86 bits per heavy atom. The van der Waals surface area contributed by atoms with E-state index >= 15 is 0 Å². The molecule has 1 aromatic rings. The standard InChI is InChI=1S/C19H32N2O/c1-16(2)19(11-15-22)20-18-9-13-21(14-10-18)12-8-17-6-4-3-5-7-17/h3-7,16,18-20,22H,8-15H2,1-2H3. The highest BCUT2D eigenvalue weighted by Crippen LogP contribution is 2.15. The molecular weight excluding hydrogens is 272 g/mol. The molecule has 0 amide bonds. The van der Waals surface area contributed by atoms with Gasteiger partial charge in [-0.05, 0) is 50.3 Å². The minimum absolute atomic E-state index is 0.283. The molecule has 0 bridgehead atoms. The molecule has 1 aliphatic heterocycles. The second-order valence-electron chi connectivity index (χ2n) is 6.88. The zero-order valence-corrected chi connectivity index (χ0v) is 14.2. The van der Waals surface area contributed by atoms with Crippen molar-refractivity contribution in [2.24, 2.45) is 5.92 Å². The van der Waals surface area contributed by atoms with Crippen LogP contribution in [0.5, 0.6) is 0 Å². The van der Waals surface area contributed by atoms with Gasteiger partial charge in [-0.3, -0.25) is 0 Å². The fourth-order valence-electron chi connectivity index (χ4n) is 3.31. The highest BCUT2D eigenvalue weighted by molar-refractivity contribution is 5.14. The Morgan fingerprint density at radius 1 is 1.18 bits per heavy atom. The van der Waals surface area contributed by atoms with Gasteiger partial charge in [0.2, 0.25) is 0 Å². The van der Waals surface area contributed by atoms with Gasteiger partial charge in [0.05, 0.1) is 0 Å². The molecule has 1 unspecified atom stereocenters. The summed E-state index contributed by atoms with van der Waals surface area (Å²) in [6.45, 7) is 8.31. The van der Waals surface area contributed by atoms with Crippen LogP contribution in [0.15, 0.2) is 30.3 Å². The van der Waals surface area contributed by atoms with E-state index in [0.717, 1.165) is 12.8 Å². The van der Waals surface area contributed by atoms with E-state index in [-0.39, 0.29) is 6.61 Å².